The predicted molar refractivity (Wildman–Crippen MR) is 83.4 cm³/mol. The number of allylic oxidation sites excluding steroid dienone is 1. The Balaban J connectivity index is 2.33. The van der Waals surface area contributed by atoms with E-state index in [-0.39, 0.29) is 0 Å². The van der Waals surface area contributed by atoms with Gasteiger partial charge in [0.05, 0.1) is 11.4 Å². The van der Waals surface area contributed by atoms with Crippen LogP contribution in [-0.4, -0.2) is 24.0 Å². The third-order valence-corrected chi connectivity index (χ3v) is 3.76. The number of nitrogens with two attached hydrogens (primary N) is 1. The van der Waals surface area contributed by atoms with Crippen molar-refractivity contribution in [3.05, 3.63) is 35.4 Å². The maximum Gasteiger partial charge on any atom is 0.0624 e. The number of benzene rings is 1. The molecular weight excluding hydrogens is 234 g/mol. The third kappa shape index (κ3) is 3.10. The molecule has 19 heavy (non-hydrogen) atoms. The molecule has 3 N–H and O–H groups in total. The number of nitrogen functional groups attached to an aromatic ring is 1. The van der Waals surface area contributed by atoms with Crippen molar-refractivity contribution in [2.75, 3.05) is 24.1 Å². The van der Waals surface area contributed by atoms with Crippen LogP contribution in [0.2, 0.25) is 0 Å². The highest BCUT2D eigenvalue weighted by molar-refractivity contribution is 5.71. The van der Waals surface area contributed by atoms with Gasteiger partial charge in [-0.05, 0) is 39.3 Å². The third-order valence-electron chi connectivity index (χ3n) is 3.76. The Labute approximate surface area is 116 Å². The van der Waals surface area contributed by atoms with Crippen LogP contribution in [0.5, 0.6) is 0 Å². The summed E-state index contributed by atoms with van der Waals surface area (Å²) in [5, 5.41) is 3.55. The van der Waals surface area contributed by atoms with E-state index in [0.29, 0.717) is 12.1 Å². The Bertz CT molecular complexity index is 475. The predicted octanol–water partition coefficient (Wildman–Crippen LogP) is 3.41. The van der Waals surface area contributed by atoms with Gasteiger partial charge in [0.15, 0.2) is 0 Å². The number of rotatable bonds is 2. The van der Waals surface area contributed by atoms with Crippen molar-refractivity contribution in [1.82, 2.24) is 4.90 Å². The minimum Gasteiger partial charge on any atom is -0.397 e. The van der Waals surface area contributed by atoms with Gasteiger partial charge in [0.2, 0.25) is 0 Å². The molecule has 0 saturated carbocycles. The van der Waals surface area contributed by atoms with Crippen LogP contribution < -0.4 is 11.1 Å². The maximum atomic E-state index is 6.11. The fraction of sp³-hybridized carbons (Fsp3) is 0.500. The van der Waals surface area contributed by atoms with Gasteiger partial charge < -0.3 is 11.1 Å². The second-order valence-electron chi connectivity index (χ2n) is 5.77. The van der Waals surface area contributed by atoms with Crippen LogP contribution in [0, 0.1) is 0 Å². The van der Waals surface area contributed by atoms with Crippen molar-refractivity contribution < 1.29 is 0 Å². The highest BCUT2D eigenvalue weighted by Crippen LogP contribution is 2.34. The first-order valence-corrected chi connectivity index (χ1v) is 7.01. The molecule has 3 nitrogen and oxygen atoms in total. The molecular formula is C16H25N3. The van der Waals surface area contributed by atoms with Crippen molar-refractivity contribution >= 4 is 11.4 Å². The Morgan fingerprint density at radius 1 is 1.42 bits per heavy atom. The first-order chi connectivity index (χ1) is 8.99. The highest BCUT2D eigenvalue weighted by atomic mass is 15.2. The average molecular weight is 259 g/mol. The van der Waals surface area contributed by atoms with E-state index in [2.05, 4.69) is 50.1 Å². The number of nitrogens with one attached hydrogen (secondary N) is 1. The lowest BCUT2D eigenvalue weighted by Crippen LogP contribution is -2.34. The Kier molecular flexibility index (Phi) is 4.15. The van der Waals surface area contributed by atoms with Crippen molar-refractivity contribution in [2.24, 2.45) is 0 Å². The Morgan fingerprint density at radius 2 is 2.16 bits per heavy atom. The molecule has 0 spiro atoms. The summed E-state index contributed by atoms with van der Waals surface area (Å²) < 4.78 is 0. The Morgan fingerprint density at radius 3 is 2.84 bits per heavy atom. The van der Waals surface area contributed by atoms with E-state index >= 15 is 0 Å². The summed E-state index contributed by atoms with van der Waals surface area (Å²) in [5.41, 5.74) is 10.7. The molecule has 2 unspecified atom stereocenters. The summed E-state index contributed by atoms with van der Waals surface area (Å²) in [4.78, 5) is 2.50. The van der Waals surface area contributed by atoms with Crippen LogP contribution in [0.4, 0.5) is 11.4 Å². The molecule has 0 fully saturated rings. The second kappa shape index (κ2) is 5.66. The molecule has 0 saturated heterocycles. The summed E-state index contributed by atoms with van der Waals surface area (Å²) in [5.74, 6) is 0. The molecule has 2 atom stereocenters. The van der Waals surface area contributed by atoms with Crippen molar-refractivity contribution in [3.8, 4) is 0 Å². The number of para-hydroxylation sites is 1. The van der Waals surface area contributed by atoms with Crippen molar-refractivity contribution in [1.29, 1.82) is 0 Å². The van der Waals surface area contributed by atoms with Crippen LogP contribution in [0.1, 0.15) is 39.3 Å². The topological polar surface area (TPSA) is 41.3 Å². The SMILES string of the molecule is CC(C)=CCN1CC(C)Nc2c(N)cccc2C1C. The van der Waals surface area contributed by atoms with E-state index in [4.69, 9.17) is 5.73 Å². The van der Waals surface area contributed by atoms with E-state index in [1.54, 1.807) is 0 Å². The minimum absolute atomic E-state index is 0.381. The lowest BCUT2D eigenvalue weighted by molar-refractivity contribution is 0.233. The molecule has 2 rings (SSSR count). The van der Waals surface area contributed by atoms with Gasteiger partial charge >= 0.3 is 0 Å². The molecule has 1 heterocycles. The molecule has 1 aromatic carbocycles. The molecule has 0 amide bonds. The first kappa shape index (κ1) is 13.9. The quantitative estimate of drug-likeness (QED) is 0.631. The largest absolute Gasteiger partial charge is 0.397 e. The number of anilines is 2. The van der Waals surface area contributed by atoms with E-state index in [9.17, 15) is 0 Å². The molecule has 3 heteroatoms. The van der Waals surface area contributed by atoms with E-state index in [1.807, 2.05) is 12.1 Å². The zero-order chi connectivity index (χ0) is 14.0. The number of hydrogen-bond acceptors (Lipinski definition) is 3. The second-order valence-corrected chi connectivity index (χ2v) is 5.77. The average Bonchev–Trinajstić information content (AvgIpc) is 2.47. The normalized spacial score (nSPS) is 23.2. The highest BCUT2D eigenvalue weighted by Gasteiger charge is 2.25. The van der Waals surface area contributed by atoms with Gasteiger partial charge in [0.25, 0.3) is 0 Å². The van der Waals surface area contributed by atoms with Crippen LogP contribution in [-0.2, 0) is 0 Å². The lowest BCUT2D eigenvalue weighted by Gasteiger charge is -2.27. The molecule has 0 radical (unpaired) electrons. The van der Waals surface area contributed by atoms with E-state index < -0.39 is 0 Å². The number of nitrogens with zero attached hydrogens (tertiary/aromatic N) is 1. The fourth-order valence-corrected chi connectivity index (χ4v) is 2.63. The van der Waals surface area contributed by atoms with Gasteiger partial charge in [0, 0.05) is 25.2 Å². The van der Waals surface area contributed by atoms with E-state index in [1.165, 1.54) is 11.1 Å². The van der Waals surface area contributed by atoms with Crippen molar-refractivity contribution in [2.45, 2.75) is 39.8 Å². The molecule has 104 valence electrons. The summed E-state index contributed by atoms with van der Waals surface area (Å²) in [6.45, 7) is 10.8. The smallest absolute Gasteiger partial charge is 0.0624 e. The zero-order valence-electron chi connectivity index (χ0n) is 12.4. The molecule has 0 aliphatic carbocycles. The standard InChI is InChI=1S/C16H25N3/c1-11(2)8-9-19-10-12(3)18-16-14(13(19)4)6-5-7-15(16)17/h5-8,12-13,18H,9-10,17H2,1-4H3. The first-order valence-electron chi connectivity index (χ1n) is 7.01. The number of fused-ring (bicyclic) bond motifs is 1. The summed E-state index contributed by atoms with van der Waals surface area (Å²) >= 11 is 0. The van der Waals surface area contributed by atoms with Crippen LogP contribution in [0.3, 0.4) is 0 Å². The molecule has 1 aliphatic rings. The summed E-state index contributed by atoms with van der Waals surface area (Å²) in [6.07, 6.45) is 2.29. The number of hydrogen-bond donors (Lipinski definition) is 2. The van der Waals surface area contributed by atoms with Crippen LogP contribution >= 0.6 is 0 Å². The van der Waals surface area contributed by atoms with Gasteiger partial charge in [-0.2, -0.15) is 0 Å². The van der Waals surface area contributed by atoms with Gasteiger partial charge in [-0.25, -0.2) is 0 Å². The lowest BCUT2D eigenvalue weighted by atomic mass is 10.0. The van der Waals surface area contributed by atoms with Gasteiger partial charge in [-0.1, -0.05) is 23.8 Å². The maximum absolute atomic E-state index is 6.11. The van der Waals surface area contributed by atoms with Crippen molar-refractivity contribution in [3.63, 3.8) is 0 Å². The molecule has 0 bridgehead atoms. The molecule has 0 aromatic heterocycles. The van der Waals surface area contributed by atoms with Crippen LogP contribution in [0.15, 0.2) is 29.8 Å². The van der Waals surface area contributed by atoms with Gasteiger partial charge in [-0.3, -0.25) is 4.90 Å². The summed E-state index contributed by atoms with van der Waals surface area (Å²) in [6, 6.07) is 6.97. The van der Waals surface area contributed by atoms with Gasteiger partial charge in [-0.15, -0.1) is 0 Å². The van der Waals surface area contributed by atoms with Gasteiger partial charge in [0.1, 0.15) is 0 Å². The zero-order valence-corrected chi connectivity index (χ0v) is 12.4. The van der Waals surface area contributed by atoms with E-state index in [0.717, 1.165) is 24.5 Å². The summed E-state index contributed by atoms with van der Waals surface area (Å²) in [7, 11) is 0. The molecule has 1 aliphatic heterocycles. The minimum atomic E-state index is 0.381. The monoisotopic (exact) mass is 259 g/mol. The Hall–Kier alpha value is -1.48. The molecule has 1 aromatic rings. The fourth-order valence-electron chi connectivity index (χ4n) is 2.63. The van der Waals surface area contributed by atoms with Crippen LogP contribution in [0.25, 0.3) is 0 Å².